The van der Waals surface area contributed by atoms with Crippen LogP contribution in [0.1, 0.15) is 0 Å². The number of nitrogens with zero attached hydrogens (tertiary/aromatic N) is 3. The molecule has 3 rings (SSSR count). The van der Waals surface area contributed by atoms with Gasteiger partial charge < -0.3 is 19.7 Å². The molecule has 0 spiro atoms. The van der Waals surface area contributed by atoms with E-state index in [1.165, 1.54) is 6.20 Å². The number of pyridine rings is 1. The number of imidazole rings is 1. The van der Waals surface area contributed by atoms with Gasteiger partial charge in [-0.3, -0.25) is 4.79 Å². The van der Waals surface area contributed by atoms with E-state index in [1.807, 2.05) is 0 Å². The normalized spacial score (nSPS) is 15.2. The van der Waals surface area contributed by atoms with Crippen LogP contribution in [0.3, 0.4) is 0 Å². The number of hydrogen-bond donors (Lipinski definition) is 3. The van der Waals surface area contributed by atoms with E-state index in [0.29, 0.717) is 0 Å². The molecule has 2 aromatic rings. The SMILES string of the molecule is NS(=O)(=O)c1cc(N2CCNCC2)c2cncn2c1.O=CO. The zero-order valence-corrected chi connectivity index (χ0v) is 12.5. The Hall–Kier alpha value is -2.17. The van der Waals surface area contributed by atoms with E-state index in [-0.39, 0.29) is 11.4 Å². The fourth-order valence-corrected chi connectivity index (χ4v) is 2.84. The Morgan fingerprint density at radius 1 is 1.36 bits per heavy atom. The predicted octanol–water partition coefficient (Wildman–Crippen LogP) is -0.908. The van der Waals surface area contributed by atoms with Crippen LogP contribution in [0.2, 0.25) is 0 Å². The molecule has 9 nitrogen and oxygen atoms in total. The second-order valence-electron chi connectivity index (χ2n) is 4.63. The van der Waals surface area contributed by atoms with E-state index >= 15 is 0 Å². The van der Waals surface area contributed by atoms with E-state index in [4.69, 9.17) is 15.0 Å². The monoisotopic (exact) mass is 327 g/mol. The van der Waals surface area contributed by atoms with Gasteiger partial charge in [-0.25, -0.2) is 18.5 Å². The van der Waals surface area contributed by atoms with Crippen LogP contribution in [0.4, 0.5) is 5.69 Å². The number of fused-ring (bicyclic) bond motifs is 1. The molecular formula is C12H17N5O4S. The molecule has 0 unspecified atom stereocenters. The van der Waals surface area contributed by atoms with Gasteiger partial charge in [-0.1, -0.05) is 0 Å². The molecule has 1 aliphatic rings. The van der Waals surface area contributed by atoms with Crippen molar-refractivity contribution in [2.75, 3.05) is 31.1 Å². The number of anilines is 1. The highest BCUT2D eigenvalue weighted by Gasteiger charge is 2.18. The lowest BCUT2D eigenvalue weighted by Gasteiger charge is -2.30. The quantitative estimate of drug-likeness (QED) is 0.609. The number of nitrogens with two attached hydrogens (primary N) is 1. The van der Waals surface area contributed by atoms with Gasteiger partial charge in [0.15, 0.2) is 0 Å². The van der Waals surface area contributed by atoms with Gasteiger partial charge in [-0.2, -0.15) is 0 Å². The number of nitrogens with one attached hydrogen (secondary N) is 1. The number of piperazine rings is 1. The maximum absolute atomic E-state index is 11.5. The Bertz CT molecular complexity index is 752. The molecule has 0 amide bonds. The van der Waals surface area contributed by atoms with Crippen molar-refractivity contribution in [3.8, 4) is 0 Å². The number of sulfonamides is 1. The first-order valence-corrected chi connectivity index (χ1v) is 8.04. The first-order chi connectivity index (χ1) is 10.5. The number of carboxylic acid groups (broad SMARTS) is 1. The summed E-state index contributed by atoms with van der Waals surface area (Å²) in [6.07, 6.45) is 4.79. The van der Waals surface area contributed by atoms with Crippen LogP contribution < -0.4 is 15.4 Å². The summed E-state index contributed by atoms with van der Waals surface area (Å²) < 4.78 is 24.8. The van der Waals surface area contributed by atoms with Crippen molar-refractivity contribution in [1.82, 2.24) is 14.7 Å². The summed E-state index contributed by atoms with van der Waals surface area (Å²) in [6.45, 7) is 3.16. The molecule has 0 atom stereocenters. The Kier molecular flexibility index (Phi) is 4.96. The molecule has 1 fully saturated rings. The fourth-order valence-electron chi connectivity index (χ4n) is 2.30. The van der Waals surface area contributed by atoms with E-state index in [9.17, 15) is 8.42 Å². The number of rotatable bonds is 2. The Balaban J connectivity index is 0.000000545. The lowest BCUT2D eigenvalue weighted by molar-refractivity contribution is -0.122. The van der Waals surface area contributed by atoms with Crippen LogP contribution in [-0.4, -0.2) is 55.6 Å². The minimum Gasteiger partial charge on any atom is -0.483 e. The van der Waals surface area contributed by atoms with Crippen molar-refractivity contribution in [1.29, 1.82) is 0 Å². The number of primary sulfonamides is 1. The highest BCUT2D eigenvalue weighted by Crippen LogP contribution is 2.25. The van der Waals surface area contributed by atoms with Gasteiger partial charge in [0.05, 0.1) is 23.7 Å². The first-order valence-electron chi connectivity index (χ1n) is 6.49. The van der Waals surface area contributed by atoms with E-state index < -0.39 is 10.0 Å². The first kappa shape index (κ1) is 16.2. The zero-order valence-electron chi connectivity index (χ0n) is 11.7. The third kappa shape index (κ3) is 3.53. The minimum atomic E-state index is -3.72. The molecule has 1 saturated heterocycles. The van der Waals surface area contributed by atoms with Crippen LogP contribution >= 0.6 is 0 Å². The standard InChI is InChI=1S/C11H15N5O2S.CH2O2/c12-19(17,18)9-5-10(15-3-1-13-2-4-15)11-6-14-8-16(11)7-9;2-1-3/h5-8,13H,1-4H2,(H2,12,17,18);1H,(H,2,3). The van der Waals surface area contributed by atoms with Crippen LogP contribution in [0.5, 0.6) is 0 Å². The van der Waals surface area contributed by atoms with Gasteiger partial charge in [0, 0.05) is 32.4 Å². The summed E-state index contributed by atoms with van der Waals surface area (Å²) in [5.74, 6) is 0. The Morgan fingerprint density at radius 2 is 2.00 bits per heavy atom. The molecular weight excluding hydrogens is 310 g/mol. The topological polar surface area (TPSA) is 130 Å². The molecule has 0 bridgehead atoms. The van der Waals surface area contributed by atoms with Gasteiger partial charge in [-0.05, 0) is 6.07 Å². The van der Waals surface area contributed by atoms with Crippen LogP contribution in [0.15, 0.2) is 29.7 Å². The third-order valence-electron chi connectivity index (χ3n) is 3.26. The van der Waals surface area contributed by atoms with Crippen LogP contribution in [0, 0.1) is 0 Å². The van der Waals surface area contributed by atoms with Crippen molar-refractivity contribution in [2.45, 2.75) is 4.90 Å². The summed E-state index contributed by atoms with van der Waals surface area (Å²) in [4.78, 5) is 14.7. The molecule has 2 aromatic heterocycles. The second-order valence-corrected chi connectivity index (χ2v) is 6.20. The number of hydrogen-bond acceptors (Lipinski definition) is 6. The van der Waals surface area contributed by atoms with Crippen LogP contribution in [-0.2, 0) is 14.8 Å². The third-order valence-corrected chi connectivity index (χ3v) is 4.14. The van der Waals surface area contributed by atoms with Gasteiger partial charge >= 0.3 is 0 Å². The zero-order chi connectivity index (χ0) is 16.2. The highest BCUT2D eigenvalue weighted by molar-refractivity contribution is 7.89. The molecule has 3 heterocycles. The molecule has 0 radical (unpaired) electrons. The number of aromatic nitrogens is 2. The second kappa shape index (κ2) is 6.73. The smallest absolute Gasteiger partial charge is 0.290 e. The van der Waals surface area contributed by atoms with Crippen LogP contribution in [0.25, 0.3) is 5.52 Å². The van der Waals surface area contributed by atoms with Crippen molar-refractivity contribution in [3.05, 3.63) is 24.8 Å². The van der Waals surface area contributed by atoms with Crippen molar-refractivity contribution < 1.29 is 18.3 Å². The predicted molar refractivity (Wildman–Crippen MR) is 80.3 cm³/mol. The highest BCUT2D eigenvalue weighted by atomic mass is 32.2. The molecule has 22 heavy (non-hydrogen) atoms. The fraction of sp³-hybridized carbons (Fsp3) is 0.333. The lowest BCUT2D eigenvalue weighted by Crippen LogP contribution is -2.43. The van der Waals surface area contributed by atoms with E-state index in [2.05, 4.69) is 15.2 Å². The van der Waals surface area contributed by atoms with Crippen molar-refractivity contribution >= 4 is 27.7 Å². The molecule has 0 aliphatic carbocycles. The molecule has 10 heteroatoms. The number of carbonyl (C=O) groups is 1. The molecule has 0 saturated carbocycles. The summed E-state index contributed by atoms with van der Waals surface area (Å²) in [5, 5.41) is 15.4. The molecule has 1 aliphatic heterocycles. The Labute approximate surface area is 127 Å². The summed E-state index contributed by atoms with van der Waals surface area (Å²) in [5.41, 5.74) is 1.74. The maximum atomic E-state index is 11.5. The summed E-state index contributed by atoms with van der Waals surface area (Å²) in [6, 6.07) is 1.62. The van der Waals surface area contributed by atoms with Crippen molar-refractivity contribution in [3.63, 3.8) is 0 Å². The largest absolute Gasteiger partial charge is 0.483 e. The van der Waals surface area contributed by atoms with E-state index in [1.54, 1.807) is 23.0 Å². The van der Waals surface area contributed by atoms with E-state index in [0.717, 1.165) is 37.4 Å². The maximum Gasteiger partial charge on any atom is 0.290 e. The van der Waals surface area contributed by atoms with Crippen molar-refractivity contribution in [2.24, 2.45) is 5.14 Å². The van der Waals surface area contributed by atoms with Gasteiger partial charge in [0.25, 0.3) is 6.47 Å². The molecule has 0 aromatic carbocycles. The summed E-state index contributed by atoms with van der Waals surface area (Å²) >= 11 is 0. The average molecular weight is 327 g/mol. The Morgan fingerprint density at radius 3 is 2.59 bits per heavy atom. The lowest BCUT2D eigenvalue weighted by atomic mass is 10.2. The van der Waals surface area contributed by atoms with Gasteiger partial charge in [-0.15, -0.1) is 0 Å². The average Bonchev–Trinajstić information content (AvgIpc) is 2.95. The molecule has 120 valence electrons. The van der Waals surface area contributed by atoms with Gasteiger partial charge in [0.1, 0.15) is 4.90 Å². The molecule has 4 N–H and O–H groups in total. The van der Waals surface area contributed by atoms with Gasteiger partial charge in [0.2, 0.25) is 10.0 Å². The summed E-state index contributed by atoms with van der Waals surface area (Å²) in [7, 11) is -3.72. The minimum absolute atomic E-state index is 0.103.